The van der Waals surface area contributed by atoms with Crippen molar-refractivity contribution in [2.24, 2.45) is 0 Å². The number of esters is 1. The van der Waals surface area contributed by atoms with Crippen LogP contribution in [0.25, 0.3) is 0 Å². The van der Waals surface area contributed by atoms with Gasteiger partial charge >= 0.3 is 5.97 Å². The minimum absolute atomic E-state index is 0.199. The summed E-state index contributed by atoms with van der Waals surface area (Å²) in [6, 6.07) is 6.85. The molecule has 0 bridgehead atoms. The standard InChI is InChI=1S/C16H20O6/c1-2-16(18)22-12-10-20-8-7-19-9-11-21-15-5-3-14(13-17)4-6-15/h2-6,13H,1,7-12H2. The van der Waals surface area contributed by atoms with Crippen molar-refractivity contribution in [3.8, 4) is 5.75 Å². The molecule has 1 aromatic carbocycles. The molecule has 6 heteroatoms. The zero-order valence-corrected chi connectivity index (χ0v) is 12.4. The number of carbonyl (C=O) groups is 2. The molecule has 0 fully saturated rings. The van der Waals surface area contributed by atoms with Gasteiger partial charge in [-0.1, -0.05) is 6.58 Å². The monoisotopic (exact) mass is 308 g/mol. The summed E-state index contributed by atoms with van der Waals surface area (Å²) in [5.74, 6) is 0.229. The fourth-order valence-electron chi connectivity index (χ4n) is 1.44. The van der Waals surface area contributed by atoms with E-state index < -0.39 is 5.97 Å². The van der Waals surface area contributed by atoms with Crippen molar-refractivity contribution in [1.29, 1.82) is 0 Å². The van der Waals surface area contributed by atoms with Crippen LogP contribution in [0, 0.1) is 0 Å². The smallest absolute Gasteiger partial charge is 0.330 e. The summed E-state index contributed by atoms with van der Waals surface area (Å²) in [5.41, 5.74) is 0.611. The van der Waals surface area contributed by atoms with E-state index in [2.05, 4.69) is 6.58 Å². The van der Waals surface area contributed by atoms with Gasteiger partial charge in [0.25, 0.3) is 0 Å². The van der Waals surface area contributed by atoms with Gasteiger partial charge in [-0.15, -0.1) is 0 Å². The lowest BCUT2D eigenvalue weighted by atomic mass is 10.2. The molecule has 0 saturated heterocycles. The Morgan fingerprint density at radius 1 is 0.955 bits per heavy atom. The average Bonchev–Trinajstić information content (AvgIpc) is 2.56. The molecule has 22 heavy (non-hydrogen) atoms. The Morgan fingerprint density at radius 2 is 1.55 bits per heavy atom. The highest BCUT2D eigenvalue weighted by molar-refractivity contribution is 5.81. The Bertz CT molecular complexity index is 454. The molecule has 6 nitrogen and oxygen atoms in total. The first kappa shape index (κ1) is 17.9. The Hall–Kier alpha value is -2.18. The first-order valence-electron chi connectivity index (χ1n) is 6.89. The summed E-state index contributed by atoms with van der Waals surface area (Å²) >= 11 is 0. The fourth-order valence-corrected chi connectivity index (χ4v) is 1.44. The first-order chi connectivity index (χ1) is 10.8. The van der Waals surface area contributed by atoms with Crippen LogP contribution >= 0.6 is 0 Å². The van der Waals surface area contributed by atoms with Gasteiger partial charge in [0.1, 0.15) is 25.2 Å². The quantitative estimate of drug-likeness (QED) is 0.253. The molecule has 1 aromatic rings. The lowest BCUT2D eigenvalue weighted by Gasteiger charge is -2.08. The fraction of sp³-hybridized carbons (Fsp3) is 0.375. The summed E-state index contributed by atoms with van der Waals surface area (Å²) < 4.78 is 20.7. The topological polar surface area (TPSA) is 71.1 Å². The predicted molar refractivity (Wildman–Crippen MR) is 80.1 cm³/mol. The van der Waals surface area contributed by atoms with Gasteiger partial charge in [0.05, 0.1) is 26.4 Å². The number of hydrogen-bond acceptors (Lipinski definition) is 6. The summed E-state index contributed by atoms with van der Waals surface area (Å²) in [7, 11) is 0. The summed E-state index contributed by atoms with van der Waals surface area (Å²) in [6.07, 6.45) is 1.89. The van der Waals surface area contributed by atoms with Crippen molar-refractivity contribution < 1.29 is 28.5 Å². The number of ether oxygens (including phenoxy) is 4. The van der Waals surface area contributed by atoms with Gasteiger partial charge in [-0.3, -0.25) is 4.79 Å². The molecule has 0 aliphatic rings. The van der Waals surface area contributed by atoms with Crippen LogP contribution in [-0.2, 0) is 19.0 Å². The van der Waals surface area contributed by atoms with Crippen molar-refractivity contribution in [3.63, 3.8) is 0 Å². The van der Waals surface area contributed by atoms with Crippen LogP contribution in [0.15, 0.2) is 36.9 Å². The van der Waals surface area contributed by atoms with Crippen molar-refractivity contribution in [2.45, 2.75) is 0 Å². The van der Waals surface area contributed by atoms with Gasteiger partial charge in [-0.25, -0.2) is 4.79 Å². The lowest BCUT2D eigenvalue weighted by molar-refractivity contribution is -0.139. The van der Waals surface area contributed by atoms with Crippen LogP contribution in [0.1, 0.15) is 10.4 Å². The van der Waals surface area contributed by atoms with E-state index in [0.717, 1.165) is 12.4 Å². The van der Waals surface area contributed by atoms with E-state index in [1.165, 1.54) is 0 Å². The largest absolute Gasteiger partial charge is 0.491 e. The molecule has 0 N–H and O–H groups in total. The third kappa shape index (κ3) is 8.18. The van der Waals surface area contributed by atoms with Crippen LogP contribution in [0.3, 0.4) is 0 Å². The van der Waals surface area contributed by atoms with Gasteiger partial charge in [0, 0.05) is 11.6 Å². The molecule has 0 aliphatic heterocycles. The predicted octanol–water partition coefficient (Wildman–Crippen LogP) is 1.64. The second-order valence-electron chi connectivity index (χ2n) is 4.13. The molecule has 0 aliphatic carbocycles. The van der Waals surface area contributed by atoms with Gasteiger partial charge in [0.2, 0.25) is 0 Å². The molecule has 0 spiro atoms. The number of benzene rings is 1. The van der Waals surface area contributed by atoms with E-state index in [4.69, 9.17) is 18.9 Å². The average molecular weight is 308 g/mol. The SMILES string of the molecule is C=CC(=O)OCCOCCOCCOc1ccc(C=O)cc1. The molecular weight excluding hydrogens is 288 g/mol. The van der Waals surface area contributed by atoms with Crippen molar-refractivity contribution in [2.75, 3.05) is 39.6 Å². The van der Waals surface area contributed by atoms with Gasteiger partial charge in [-0.2, -0.15) is 0 Å². The van der Waals surface area contributed by atoms with Crippen LogP contribution in [0.5, 0.6) is 5.75 Å². The molecule has 1 rings (SSSR count). The zero-order chi connectivity index (χ0) is 16.0. The van der Waals surface area contributed by atoms with Gasteiger partial charge in [-0.05, 0) is 24.3 Å². The second kappa shape index (κ2) is 11.5. The Kier molecular flexibility index (Phi) is 9.32. The first-order valence-corrected chi connectivity index (χ1v) is 6.89. The summed E-state index contributed by atoms with van der Waals surface area (Å²) in [4.78, 5) is 21.2. The Labute approximate surface area is 129 Å². The van der Waals surface area contributed by atoms with Crippen molar-refractivity contribution in [3.05, 3.63) is 42.5 Å². The van der Waals surface area contributed by atoms with Crippen molar-refractivity contribution in [1.82, 2.24) is 0 Å². The molecule has 0 unspecified atom stereocenters. The zero-order valence-electron chi connectivity index (χ0n) is 12.4. The maximum Gasteiger partial charge on any atom is 0.330 e. The molecular formula is C16H20O6. The molecule has 0 saturated carbocycles. The van der Waals surface area contributed by atoms with E-state index in [9.17, 15) is 9.59 Å². The third-order valence-electron chi connectivity index (χ3n) is 2.52. The van der Waals surface area contributed by atoms with Crippen LogP contribution in [0.2, 0.25) is 0 Å². The highest BCUT2D eigenvalue weighted by Crippen LogP contribution is 2.10. The number of hydrogen-bond donors (Lipinski definition) is 0. The Morgan fingerprint density at radius 3 is 2.14 bits per heavy atom. The lowest BCUT2D eigenvalue weighted by Crippen LogP contribution is -2.13. The van der Waals surface area contributed by atoms with Crippen LogP contribution in [0.4, 0.5) is 0 Å². The van der Waals surface area contributed by atoms with Gasteiger partial charge < -0.3 is 18.9 Å². The minimum Gasteiger partial charge on any atom is -0.491 e. The van der Waals surface area contributed by atoms with Crippen LogP contribution < -0.4 is 4.74 Å². The van der Waals surface area contributed by atoms with E-state index in [1.807, 2.05) is 0 Å². The van der Waals surface area contributed by atoms with E-state index in [1.54, 1.807) is 24.3 Å². The summed E-state index contributed by atoms with van der Waals surface area (Å²) in [5, 5.41) is 0. The minimum atomic E-state index is -0.460. The maximum atomic E-state index is 10.7. The van der Waals surface area contributed by atoms with Crippen molar-refractivity contribution >= 4 is 12.3 Å². The van der Waals surface area contributed by atoms with E-state index >= 15 is 0 Å². The molecule has 0 radical (unpaired) electrons. The number of aldehydes is 1. The highest BCUT2D eigenvalue weighted by atomic mass is 16.6. The van der Waals surface area contributed by atoms with Gasteiger partial charge in [0.15, 0.2) is 0 Å². The number of carbonyl (C=O) groups excluding carboxylic acids is 2. The molecule has 0 atom stereocenters. The van der Waals surface area contributed by atoms with E-state index in [-0.39, 0.29) is 6.61 Å². The van der Waals surface area contributed by atoms with Crippen LogP contribution in [-0.4, -0.2) is 51.9 Å². The summed E-state index contributed by atoms with van der Waals surface area (Å²) in [6.45, 7) is 5.50. The number of rotatable bonds is 12. The normalized spacial score (nSPS) is 10.0. The Balaban J connectivity index is 1.92. The molecule has 0 heterocycles. The molecule has 0 amide bonds. The third-order valence-corrected chi connectivity index (χ3v) is 2.52. The second-order valence-corrected chi connectivity index (χ2v) is 4.13. The highest BCUT2D eigenvalue weighted by Gasteiger charge is 1.97. The maximum absolute atomic E-state index is 10.7. The molecule has 120 valence electrons. The van der Waals surface area contributed by atoms with E-state index in [0.29, 0.717) is 44.3 Å². The molecule has 0 aromatic heterocycles.